The molecular formula is C17H19N3O. The first-order valence-electron chi connectivity index (χ1n) is 7.29. The highest BCUT2D eigenvalue weighted by atomic mass is 16.1. The summed E-state index contributed by atoms with van der Waals surface area (Å²) in [5.74, 6) is 0.0517. The Morgan fingerprint density at radius 3 is 2.90 bits per heavy atom. The summed E-state index contributed by atoms with van der Waals surface area (Å²) in [5, 5.41) is 3.14. The van der Waals surface area contributed by atoms with Crippen LogP contribution in [0.15, 0.2) is 42.7 Å². The van der Waals surface area contributed by atoms with E-state index in [-0.39, 0.29) is 11.9 Å². The van der Waals surface area contributed by atoms with Crippen LogP contribution >= 0.6 is 0 Å². The lowest BCUT2D eigenvalue weighted by Gasteiger charge is -2.26. The summed E-state index contributed by atoms with van der Waals surface area (Å²) >= 11 is 0. The maximum atomic E-state index is 12.2. The molecule has 4 heteroatoms. The highest BCUT2D eigenvalue weighted by Crippen LogP contribution is 2.30. The van der Waals surface area contributed by atoms with E-state index in [1.165, 1.54) is 11.1 Å². The fourth-order valence-corrected chi connectivity index (χ4v) is 2.92. The molecule has 4 nitrogen and oxygen atoms in total. The molecule has 21 heavy (non-hydrogen) atoms. The number of amides is 1. The topological polar surface area (TPSA) is 68.0 Å². The molecule has 0 spiro atoms. The van der Waals surface area contributed by atoms with Gasteiger partial charge in [0.15, 0.2) is 0 Å². The molecule has 3 N–H and O–H groups in total. The summed E-state index contributed by atoms with van der Waals surface area (Å²) in [4.78, 5) is 16.2. The second kappa shape index (κ2) is 5.95. The van der Waals surface area contributed by atoms with Crippen LogP contribution in [-0.2, 0) is 17.6 Å². The number of anilines is 1. The van der Waals surface area contributed by atoms with E-state index < -0.39 is 0 Å². The largest absolute Gasteiger partial charge is 0.399 e. The van der Waals surface area contributed by atoms with E-state index in [0.29, 0.717) is 6.42 Å². The fraction of sp³-hybridized carbons (Fsp3) is 0.294. The quantitative estimate of drug-likeness (QED) is 0.849. The van der Waals surface area contributed by atoms with Crippen LogP contribution in [0.4, 0.5) is 5.69 Å². The molecule has 0 aliphatic heterocycles. The molecule has 0 saturated heterocycles. The number of aromatic nitrogens is 1. The van der Waals surface area contributed by atoms with Crippen molar-refractivity contribution < 1.29 is 4.79 Å². The van der Waals surface area contributed by atoms with Crippen molar-refractivity contribution in [2.45, 2.75) is 31.7 Å². The zero-order chi connectivity index (χ0) is 14.7. The maximum absolute atomic E-state index is 12.2. The van der Waals surface area contributed by atoms with E-state index in [1.807, 2.05) is 30.3 Å². The second-order valence-electron chi connectivity index (χ2n) is 5.50. The molecular weight excluding hydrogens is 262 g/mol. The van der Waals surface area contributed by atoms with Crippen molar-refractivity contribution >= 4 is 11.6 Å². The predicted octanol–water partition coefficient (Wildman–Crippen LogP) is 2.40. The summed E-state index contributed by atoms with van der Waals surface area (Å²) in [7, 11) is 0. The Morgan fingerprint density at radius 2 is 2.10 bits per heavy atom. The van der Waals surface area contributed by atoms with Crippen molar-refractivity contribution in [3.8, 4) is 0 Å². The Morgan fingerprint density at radius 1 is 1.29 bits per heavy atom. The standard InChI is InChI=1S/C17H19N3O/c18-14-4-5-15-13(11-14)2-1-3-16(15)20-17(21)10-12-6-8-19-9-7-12/h4-9,11,16H,1-3,10,18H2,(H,20,21). The minimum absolute atomic E-state index is 0.0517. The number of fused-ring (bicyclic) bond motifs is 1. The molecule has 1 aliphatic rings. The van der Waals surface area contributed by atoms with Crippen LogP contribution in [0.1, 0.15) is 35.6 Å². The van der Waals surface area contributed by atoms with Gasteiger partial charge in [0.05, 0.1) is 12.5 Å². The van der Waals surface area contributed by atoms with Gasteiger partial charge in [0.1, 0.15) is 0 Å². The van der Waals surface area contributed by atoms with Gasteiger partial charge in [-0.05, 0) is 60.2 Å². The molecule has 1 aromatic heterocycles. The lowest BCUT2D eigenvalue weighted by Crippen LogP contribution is -2.32. The number of pyridine rings is 1. The van der Waals surface area contributed by atoms with Crippen molar-refractivity contribution in [3.63, 3.8) is 0 Å². The molecule has 1 aliphatic carbocycles. The van der Waals surface area contributed by atoms with Crippen LogP contribution in [0.25, 0.3) is 0 Å². The van der Waals surface area contributed by atoms with Gasteiger partial charge in [-0.3, -0.25) is 9.78 Å². The van der Waals surface area contributed by atoms with Crippen LogP contribution in [0.2, 0.25) is 0 Å². The molecule has 108 valence electrons. The highest BCUT2D eigenvalue weighted by molar-refractivity contribution is 5.79. The Kier molecular flexibility index (Phi) is 3.86. The molecule has 0 fully saturated rings. The number of aryl methyl sites for hydroxylation is 1. The van der Waals surface area contributed by atoms with E-state index in [2.05, 4.69) is 10.3 Å². The number of nitrogens with two attached hydrogens (primary N) is 1. The SMILES string of the molecule is Nc1ccc2c(c1)CCCC2NC(=O)Cc1ccncc1. The molecule has 0 radical (unpaired) electrons. The first kappa shape index (κ1) is 13.6. The highest BCUT2D eigenvalue weighted by Gasteiger charge is 2.21. The number of benzene rings is 1. The molecule has 1 amide bonds. The molecule has 0 bridgehead atoms. The van der Waals surface area contributed by atoms with Gasteiger partial charge in [-0.2, -0.15) is 0 Å². The molecule has 1 atom stereocenters. The number of rotatable bonds is 3. The van der Waals surface area contributed by atoms with Crippen molar-refractivity contribution in [1.29, 1.82) is 0 Å². The molecule has 2 aromatic rings. The van der Waals surface area contributed by atoms with Gasteiger partial charge in [0.25, 0.3) is 0 Å². The van der Waals surface area contributed by atoms with E-state index >= 15 is 0 Å². The van der Waals surface area contributed by atoms with Gasteiger partial charge in [0, 0.05) is 18.1 Å². The lowest BCUT2D eigenvalue weighted by atomic mass is 9.87. The number of carbonyl (C=O) groups excluding carboxylic acids is 1. The molecule has 1 aromatic carbocycles. The van der Waals surface area contributed by atoms with Gasteiger partial charge in [0.2, 0.25) is 5.91 Å². The zero-order valence-corrected chi connectivity index (χ0v) is 11.9. The summed E-state index contributed by atoms with van der Waals surface area (Å²) in [6.07, 6.45) is 6.92. The normalized spacial score (nSPS) is 17.0. The fourth-order valence-electron chi connectivity index (χ4n) is 2.92. The minimum Gasteiger partial charge on any atom is -0.399 e. The number of nitrogens with zero attached hydrogens (tertiary/aromatic N) is 1. The van der Waals surface area contributed by atoms with Gasteiger partial charge >= 0.3 is 0 Å². The zero-order valence-electron chi connectivity index (χ0n) is 11.9. The average Bonchev–Trinajstić information content (AvgIpc) is 2.48. The van der Waals surface area contributed by atoms with E-state index in [9.17, 15) is 4.79 Å². The maximum Gasteiger partial charge on any atom is 0.224 e. The number of hydrogen-bond donors (Lipinski definition) is 2. The summed E-state index contributed by atoms with van der Waals surface area (Å²) in [6.45, 7) is 0. The van der Waals surface area contributed by atoms with Gasteiger partial charge < -0.3 is 11.1 Å². The molecule has 0 saturated carbocycles. The Bertz CT molecular complexity index is 640. The first-order valence-corrected chi connectivity index (χ1v) is 7.29. The molecule has 1 unspecified atom stereocenters. The van der Waals surface area contributed by atoms with E-state index in [1.54, 1.807) is 12.4 Å². The van der Waals surface area contributed by atoms with Crippen LogP contribution < -0.4 is 11.1 Å². The third-order valence-corrected chi connectivity index (χ3v) is 3.93. The van der Waals surface area contributed by atoms with Crippen molar-refractivity contribution in [2.75, 3.05) is 5.73 Å². The molecule has 3 rings (SSSR count). The summed E-state index contributed by atoms with van der Waals surface area (Å²) in [6, 6.07) is 9.82. The molecule has 1 heterocycles. The summed E-state index contributed by atoms with van der Waals surface area (Å²) in [5.41, 5.74) is 10.1. The predicted molar refractivity (Wildman–Crippen MR) is 82.6 cm³/mol. The van der Waals surface area contributed by atoms with Crippen LogP contribution in [0, 0.1) is 0 Å². The van der Waals surface area contributed by atoms with Crippen molar-refractivity contribution in [1.82, 2.24) is 10.3 Å². The number of hydrogen-bond acceptors (Lipinski definition) is 3. The Balaban J connectivity index is 1.70. The number of carbonyl (C=O) groups is 1. The van der Waals surface area contributed by atoms with Crippen LogP contribution in [0.5, 0.6) is 0 Å². The van der Waals surface area contributed by atoms with Crippen molar-refractivity contribution in [2.24, 2.45) is 0 Å². The average molecular weight is 281 g/mol. The summed E-state index contributed by atoms with van der Waals surface area (Å²) < 4.78 is 0. The minimum atomic E-state index is 0.0517. The van der Waals surface area contributed by atoms with E-state index in [0.717, 1.165) is 30.5 Å². The Labute approximate surface area is 124 Å². The third-order valence-electron chi connectivity index (χ3n) is 3.93. The van der Waals surface area contributed by atoms with Crippen LogP contribution in [0.3, 0.4) is 0 Å². The van der Waals surface area contributed by atoms with Crippen LogP contribution in [-0.4, -0.2) is 10.9 Å². The Hall–Kier alpha value is -2.36. The smallest absolute Gasteiger partial charge is 0.224 e. The first-order chi connectivity index (χ1) is 10.2. The van der Waals surface area contributed by atoms with Gasteiger partial charge in [-0.25, -0.2) is 0 Å². The second-order valence-corrected chi connectivity index (χ2v) is 5.50. The van der Waals surface area contributed by atoms with Gasteiger partial charge in [-0.15, -0.1) is 0 Å². The van der Waals surface area contributed by atoms with Crippen molar-refractivity contribution in [3.05, 3.63) is 59.4 Å². The van der Waals surface area contributed by atoms with Gasteiger partial charge in [-0.1, -0.05) is 6.07 Å². The number of nitrogens with one attached hydrogen (secondary N) is 1. The third kappa shape index (κ3) is 3.21. The van der Waals surface area contributed by atoms with E-state index in [4.69, 9.17) is 5.73 Å². The monoisotopic (exact) mass is 281 g/mol. The number of nitrogen functional groups attached to an aromatic ring is 1. The lowest BCUT2D eigenvalue weighted by molar-refractivity contribution is -0.121.